The number of nitrogens with one attached hydrogen (secondary N) is 1. The lowest BCUT2D eigenvalue weighted by atomic mass is 9.90. The Kier molecular flexibility index (Phi) is 5.88. The van der Waals surface area contributed by atoms with Crippen molar-refractivity contribution >= 4 is 16.7 Å². The Morgan fingerprint density at radius 1 is 1.03 bits per heavy atom. The molecule has 4 rings (SSSR count). The molecule has 1 fully saturated rings. The first-order chi connectivity index (χ1) is 14.6. The van der Waals surface area contributed by atoms with Crippen molar-refractivity contribution in [2.75, 3.05) is 40.5 Å². The minimum atomic E-state index is -0.366. The van der Waals surface area contributed by atoms with E-state index in [0.29, 0.717) is 18.8 Å². The summed E-state index contributed by atoms with van der Waals surface area (Å²) in [6.07, 6.45) is 0. The second kappa shape index (κ2) is 8.73. The van der Waals surface area contributed by atoms with Gasteiger partial charge in [-0.3, -0.25) is 0 Å². The van der Waals surface area contributed by atoms with Crippen LogP contribution in [0.15, 0.2) is 54.6 Å². The van der Waals surface area contributed by atoms with Crippen molar-refractivity contribution in [3.63, 3.8) is 0 Å². The molecule has 1 saturated heterocycles. The van der Waals surface area contributed by atoms with Crippen LogP contribution in [-0.4, -0.2) is 51.6 Å². The maximum Gasteiger partial charge on any atom is 0.337 e. The number of hydrogen-bond acceptors (Lipinski definition) is 5. The molecule has 0 unspecified atom stereocenters. The van der Waals surface area contributed by atoms with Gasteiger partial charge in [-0.05, 0) is 41.1 Å². The lowest BCUT2D eigenvalue weighted by molar-refractivity contribution is -0.933. The first-order valence-electron chi connectivity index (χ1n) is 10.0. The monoisotopic (exact) mass is 408 g/mol. The van der Waals surface area contributed by atoms with Gasteiger partial charge < -0.3 is 24.2 Å². The van der Waals surface area contributed by atoms with Crippen molar-refractivity contribution in [2.45, 2.75) is 6.04 Å². The van der Waals surface area contributed by atoms with Gasteiger partial charge in [0.05, 0.1) is 38.6 Å². The van der Waals surface area contributed by atoms with Crippen molar-refractivity contribution in [3.05, 3.63) is 71.3 Å². The van der Waals surface area contributed by atoms with E-state index in [-0.39, 0.29) is 17.8 Å². The highest BCUT2D eigenvalue weighted by atomic mass is 16.5. The molecular weight excluding hydrogens is 382 g/mol. The normalized spacial score (nSPS) is 15.7. The van der Waals surface area contributed by atoms with Gasteiger partial charge in [-0.2, -0.15) is 0 Å². The number of carbonyl (C=O) groups excluding carboxylic acids is 1. The van der Waals surface area contributed by atoms with Gasteiger partial charge in [-0.15, -0.1) is 0 Å². The van der Waals surface area contributed by atoms with Gasteiger partial charge in [0.25, 0.3) is 0 Å². The average Bonchev–Trinajstić information content (AvgIpc) is 2.81. The number of benzene rings is 3. The number of carbonyl (C=O) groups is 1. The zero-order chi connectivity index (χ0) is 21.1. The first kappa shape index (κ1) is 20.2. The number of rotatable bonds is 5. The number of morpholine rings is 1. The summed E-state index contributed by atoms with van der Waals surface area (Å²) in [6, 6.07) is 16.9. The van der Waals surface area contributed by atoms with Crippen LogP contribution >= 0.6 is 0 Å². The molecule has 1 atom stereocenters. The Labute approximate surface area is 175 Å². The molecular formula is C24H26NO5+. The van der Waals surface area contributed by atoms with Crippen molar-refractivity contribution < 1.29 is 29.0 Å². The average molecular weight is 408 g/mol. The van der Waals surface area contributed by atoms with E-state index >= 15 is 0 Å². The quantitative estimate of drug-likeness (QED) is 0.635. The Bertz CT molecular complexity index is 1040. The Balaban J connectivity index is 1.88. The van der Waals surface area contributed by atoms with Crippen LogP contribution in [-0.2, 0) is 9.47 Å². The summed E-state index contributed by atoms with van der Waals surface area (Å²) < 4.78 is 15.8. The maximum atomic E-state index is 11.9. The van der Waals surface area contributed by atoms with Crippen LogP contribution in [0.3, 0.4) is 0 Å². The molecule has 1 heterocycles. The van der Waals surface area contributed by atoms with Crippen LogP contribution in [0, 0.1) is 0 Å². The molecule has 0 radical (unpaired) electrons. The number of methoxy groups -OCH3 is 2. The van der Waals surface area contributed by atoms with Crippen molar-refractivity contribution in [1.82, 2.24) is 0 Å². The van der Waals surface area contributed by atoms with E-state index in [2.05, 4.69) is 0 Å². The standard InChI is InChI=1S/C24H25NO5/c1-28-19-9-7-16-8-10-21(26)22(20(16)15-19)23(25-11-13-30-14-12-25)17-3-5-18(6-4-17)24(27)29-2/h3-10,15,23,26H,11-14H2,1-2H3/p+1/t23-/m1/s1. The summed E-state index contributed by atoms with van der Waals surface area (Å²) in [6.45, 7) is 2.98. The molecule has 0 bridgehead atoms. The summed E-state index contributed by atoms with van der Waals surface area (Å²) in [5, 5.41) is 12.9. The van der Waals surface area contributed by atoms with Crippen LogP contribution < -0.4 is 9.64 Å². The van der Waals surface area contributed by atoms with Gasteiger partial charge >= 0.3 is 5.97 Å². The molecule has 0 aliphatic carbocycles. The van der Waals surface area contributed by atoms with E-state index in [1.54, 1.807) is 25.3 Å². The number of phenolic OH excluding ortho intramolecular Hbond substituents is 1. The predicted octanol–water partition coefficient (Wildman–Crippen LogP) is 2.35. The van der Waals surface area contributed by atoms with E-state index in [4.69, 9.17) is 14.2 Å². The van der Waals surface area contributed by atoms with Crippen LogP contribution in [0.4, 0.5) is 0 Å². The van der Waals surface area contributed by atoms with Gasteiger partial charge in [-0.25, -0.2) is 4.79 Å². The Morgan fingerprint density at radius 3 is 2.40 bits per heavy atom. The zero-order valence-electron chi connectivity index (χ0n) is 17.2. The number of ether oxygens (including phenoxy) is 3. The fourth-order valence-electron chi connectivity index (χ4n) is 4.20. The second-order valence-electron chi connectivity index (χ2n) is 7.40. The molecule has 0 saturated carbocycles. The van der Waals surface area contributed by atoms with E-state index in [1.807, 2.05) is 36.4 Å². The Hall–Kier alpha value is -3.09. The minimum absolute atomic E-state index is 0.114. The van der Waals surface area contributed by atoms with Crippen LogP contribution in [0.25, 0.3) is 10.8 Å². The highest BCUT2D eigenvalue weighted by molar-refractivity contribution is 5.90. The highest BCUT2D eigenvalue weighted by Crippen LogP contribution is 2.36. The largest absolute Gasteiger partial charge is 0.507 e. The fraction of sp³-hybridized carbons (Fsp3) is 0.292. The summed E-state index contributed by atoms with van der Waals surface area (Å²) in [4.78, 5) is 13.2. The van der Waals surface area contributed by atoms with Crippen LogP contribution in [0.5, 0.6) is 11.5 Å². The lowest BCUT2D eigenvalue weighted by Gasteiger charge is -2.33. The third-order valence-corrected chi connectivity index (χ3v) is 5.74. The van der Waals surface area contributed by atoms with E-state index in [0.717, 1.165) is 40.7 Å². The predicted molar refractivity (Wildman–Crippen MR) is 113 cm³/mol. The molecule has 0 aromatic heterocycles. The highest BCUT2D eigenvalue weighted by Gasteiger charge is 2.32. The summed E-state index contributed by atoms with van der Waals surface area (Å²) in [5.74, 6) is 0.623. The van der Waals surface area contributed by atoms with Gasteiger partial charge in [0.1, 0.15) is 30.6 Å². The molecule has 2 N–H and O–H groups in total. The van der Waals surface area contributed by atoms with E-state index < -0.39 is 0 Å². The number of phenols is 1. The zero-order valence-corrected chi connectivity index (χ0v) is 17.2. The van der Waals surface area contributed by atoms with E-state index in [9.17, 15) is 9.90 Å². The van der Waals surface area contributed by atoms with Gasteiger partial charge in [0.2, 0.25) is 0 Å². The van der Waals surface area contributed by atoms with Crippen molar-refractivity contribution in [1.29, 1.82) is 0 Å². The number of esters is 1. The van der Waals surface area contributed by atoms with Crippen LogP contribution in [0.1, 0.15) is 27.5 Å². The second-order valence-corrected chi connectivity index (χ2v) is 7.40. The topological polar surface area (TPSA) is 69.4 Å². The first-order valence-corrected chi connectivity index (χ1v) is 10.0. The molecule has 30 heavy (non-hydrogen) atoms. The summed E-state index contributed by atoms with van der Waals surface area (Å²) in [5.41, 5.74) is 2.38. The summed E-state index contributed by atoms with van der Waals surface area (Å²) >= 11 is 0. The molecule has 6 nitrogen and oxygen atoms in total. The molecule has 3 aromatic rings. The maximum absolute atomic E-state index is 11.9. The number of hydrogen-bond donors (Lipinski definition) is 2. The van der Waals surface area contributed by atoms with Crippen molar-refractivity contribution in [2.24, 2.45) is 0 Å². The van der Waals surface area contributed by atoms with Gasteiger partial charge in [-0.1, -0.05) is 24.3 Å². The smallest absolute Gasteiger partial charge is 0.337 e. The fourth-order valence-corrected chi connectivity index (χ4v) is 4.20. The molecule has 6 heteroatoms. The molecule has 0 spiro atoms. The number of aromatic hydroxyl groups is 1. The van der Waals surface area contributed by atoms with E-state index in [1.165, 1.54) is 12.0 Å². The minimum Gasteiger partial charge on any atom is -0.507 e. The molecule has 156 valence electrons. The molecule has 1 aliphatic heterocycles. The SMILES string of the molecule is COC(=O)c1ccc([C@H](c2c(O)ccc3ccc(OC)cc23)[NH+]2CCOCC2)cc1. The van der Waals surface area contributed by atoms with Gasteiger partial charge in [0.15, 0.2) is 0 Å². The molecule has 3 aromatic carbocycles. The Morgan fingerprint density at radius 2 is 1.73 bits per heavy atom. The molecule has 1 aliphatic rings. The number of fused-ring (bicyclic) bond motifs is 1. The van der Waals surface area contributed by atoms with Crippen LogP contribution in [0.2, 0.25) is 0 Å². The summed E-state index contributed by atoms with van der Waals surface area (Å²) in [7, 11) is 3.01. The molecule has 0 amide bonds. The lowest BCUT2D eigenvalue weighted by Crippen LogP contribution is -3.14. The third kappa shape index (κ3) is 3.84. The van der Waals surface area contributed by atoms with Gasteiger partial charge in [0, 0.05) is 5.56 Å². The number of quaternary nitrogens is 1. The van der Waals surface area contributed by atoms with Crippen molar-refractivity contribution in [3.8, 4) is 11.5 Å². The third-order valence-electron chi connectivity index (χ3n) is 5.74.